The summed E-state index contributed by atoms with van der Waals surface area (Å²) in [6.07, 6.45) is 2.15. The molecule has 0 aromatic rings. The molecule has 0 saturated heterocycles. The maximum Gasteiger partial charge on any atom is -0.0229 e. The van der Waals surface area contributed by atoms with Gasteiger partial charge in [-0.1, -0.05) is 41.6 Å². The third-order valence-electron chi connectivity index (χ3n) is 1.22. The van der Waals surface area contributed by atoms with E-state index in [9.17, 15) is 0 Å². The normalized spacial score (nSPS) is 16.6. The van der Waals surface area contributed by atoms with E-state index >= 15 is 0 Å². The highest BCUT2D eigenvalue weighted by Crippen LogP contribution is 2.56. The first-order chi connectivity index (χ1) is 4.18. The Morgan fingerprint density at radius 2 is 2.00 bits per heavy atom. The number of hydrogen-bond donors (Lipinski definition) is 0. The van der Waals surface area contributed by atoms with Crippen molar-refractivity contribution in [1.82, 2.24) is 0 Å². The molecule has 0 aromatic heterocycles. The molecule has 54 valence electrons. The molecular formula is C7H16P2. The summed E-state index contributed by atoms with van der Waals surface area (Å²) in [5, 5.41) is 0. The molecule has 0 amide bonds. The monoisotopic (exact) mass is 162 g/mol. The zero-order valence-corrected chi connectivity index (χ0v) is 8.57. The zero-order valence-electron chi connectivity index (χ0n) is 6.68. The summed E-state index contributed by atoms with van der Waals surface area (Å²) in [5.74, 6) is 2.30. The summed E-state index contributed by atoms with van der Waals surface area (Å²) >= 11 is 0. The van der Waals surface area contributed by atoms with E-state index in [4.69, 9.17) is 0 Å². The lowest BCUT2D eigenvalue weighted by Crippen LogP contribution is -1.84. The molecule has 2 atom stereocenters. The van der Waals surface area contributed by atoms with Gasteiger partial charge in [0.1, 0.15) is 0 Å². The molecule has 0 aliphatic carbocycles. The van der Waals surface area contributed by atoms with Crippen LogP contribution in [0.5, 0.6) is 0 Å². The van der Waals surface area contributed by atoms with Gasteiger partial charge < -0.3 is 0 Å². The van der Waals surface area contributed by atoms with Crippen LogP contribution in [0, 0.1) is 0 Å². The van der Waals surface area contributed by atoms with Crippen LogP contribution in [0.1, 0.15) is 20.8 Å². The SMILES string of the molecule is C/C=C\PP(C)C(C)C. The summed E-state index contributed by atoms with van der Waals surface area (Å²) in [7, 11) is 1.37. The predicted octanol–water partition coefficient (Wildman–Crippen LogP) is 3.63. The van der Waals surface area contributed by atoms with E-state index < -0.39 is 0 Å². The van der Waals surface area contributed by atoms with Gasteiger partial charge in [-0.2, -0.15) is 0 Å². The Kier molecular flexibility index (Phi) is 5.75. The summed E-state index contributed by atoms with van der Waals surface area (Å²) < 4.78 is 0. The minimum atomic E-state index is 0.296. The van der Waals surface area contributed by atoms with E-state index in [1.807, 2.05) is 0 Å². The first kappa shape index (κ1) is 9.60. The summed E-state index contributed by atoms with van der Waals surface area (Å²) in [4.78, 5) is 0. The first-order valence-electron chi connectivity index (χ1n) is 3.28. The van der Waals surface area contributed by atoms with Crippen LogP contribution >= 0.6 is 15.9 Å². The van der Waals surface area contributed by atoms with Gasteiger partial charge in [0.2, 0.25) is 0 Å². The molecule has 0 aliphatic heterocycles. The second-order valence-corrected chi connectivity index (χ2v) is 8.07. The van der Waals surface area contributed by atoms with Crippen molar-refractivity contribution in [2.45, 2.75) is 26.4 Å². The van der Waals surface area contributed by atoms with Crippen molar-refractivity contribution in [3.63, 3.8) is 0 Å². The molecule has 0 N–H and O–H groups in total. The number of rotatable bonds is 3. The van der Waals surface area contributed by atoms with Crippen molar-refractivity contribution in [1.29, 1.82) is 0 Å². The fourth-order valence-electron chi connectivity index (χ4n) is 0.341. The third-order valence-corrected chi connectivity index (χ3v) is 6.88. The van der Waals surface area contributed by atoms with Crippen LogP contribution in [0.4, 0.5) is 0 Å². The molecule has 2 heteroatoms. The summed E-state index contributed by atoms with van der Waals surface area (Å²) in [6.45, 7) is 9.08. The number of hydrogen-bond acceptors (Lipinski definition) is 0. The van der Waals surface area contributed by atoms with Crippen LogP contribution in [0.15, 0.2) is 11.9 Å². The number of allylic oxidation sites excluding steroid dienone is 1. The smallest absolute Gasteiger partial charge is 0.0229 e. The van der Waals surface area contributed by atoms with Crippen molar-refractivity contribution >= 4 is 15.9 Å². The van der Waals surface area contributed by atoms with Crippen LogP contribution in [0.2, 0.25) is 0 Å². The molecule has 0 aromatic carbocycles. The lowest BCUT2D eigenvalue weighted by atomic mass is 10.6. The van der Waals surface area contributed by atoms with E-state index in [1.165, 1.54) is 0 Å². The van der Waals surface area contributed by atoms with E-state index in [2.05, 4.69) is 39.3 Å². The fourth-order valence-corrected chi connectivity index (χ4v) is 3.07. The maximum absolute atomic E-state index is 2.37. The lowest BCUT2D eigenvalue weighted by Gasteiger charge is -2.12. The van der Waals surface area contributed by atoms with Gasteiger partial charge in [-0.25, -0.2) is 0 Å². The van der Waals surface area contributed by atoms with Crippen molar-refractivity contribution in [2.24, 2.45) is 0 Å². The van der Waals surface area contributed by atoms with Crippen LogP contribution < -0.4 is 0 Å². The second kappa shape index (κ2) is 5.39. The molecule has 0 aliphatic rings. The third kappa shape index (κ3) is 5.07. The van der Waals surface area contributed by atoms with Crippen molar-refractivity contribution in [3.05, 3.63) is 11.9 Å². The quantitative estimate of drug-likeness (QED) is 0.556. The van der Waals surface area contributed by atoms with Crippen molar-refractivity contribution in [2.75, 3.05) is 6.66 Å². The van der Waals surface area contributed by atoms with Gasteiger partial charge in [0.25, 0.3) is 0 Å². The molecule has 9 heavy (non-hydrogen) atoms. The average molecular weight is 162 g/mol. The fraction of sp³-hybridized carbons (Fsp3) is 0.714. The van der Waals surface area contributed by atoms with Crippen molar-refractivity contribution in [3.8, 4) is 0 Å². The molecule has 0 nitrogen and oxygen atoms in total. The van der Waals surface area contributed by atoms with E-state index in [0.29, 0.717) is 7.61 Å². The standard InChI is InChI=1S/C7H16P2/c1-5-6-8-9(4)7(2)3/h5-8H,1-4H3/b6-5-. The van der Waals surface area contributed by atoms with Crippen LogP contribution in [-0.4, -0.2) is 12.3 Å². The second-order valence-electron chi connectivity index (χ2n) is 2.33. The zero-order chi connectivity index (χ0) is 7.28. The summed E-state index contributed by atoms with van der Waals surface area (Å²) in [5.41, 5.74) is 0.898. The Labute approximate surface area is 61.5 Å². The average Bonchev–Trinajstić information content (AvgIpc) is 1.82. The molecular weight excluding hydrogens is 146 g/mol. The first-order valence-corrected chi connectivity index (χ1v) is 7.06. The Hall–Kier alpha value is 0.600. The maximum atomic E-state index is 2.37. The van der Waals surface area contributed by atoms with Gasteiger partial charge in [0.15, 0.2) is 0 Å². The van der Waals surface area contributed by atoms with Crippen LogP contribution in [0.25, 0.3) is 0 Å². The molecule has 0 spiro atoms. The predicted molar refractivity (Wildman–Crippen MR) is 51.1 cm³/mol. The minimum absolute atomic E-state index is 0.296. The Morgan fingerprint density at radius 1 is 1.44 bits per heavy atom. The van der Waals surface area contributed by atoms with Crippen LogP contribution in [-0.2, 0) is 0 Å². The van der Waals surface area contributed by atoms with Crippen molar-refractivity contribution < 1.29 is 0 Å². The molecule has 0 bridgehead atoms. The molecule has 0 fully saturated rings. The largest absolute Gasteiger partial charge is 0.0871 e. The van der Waals surface area contributed by atoms with Gasteiger partial charge in [-0.3, -0.25) is 0 Å². The van der Waals surface area contributed by atoms with Gasteiger partial charge in [-0.05, 0) is 19.2 Å². The molecule has 2 unspecified atom stereocenters. The molecule has 0 radical (unpaired) electrons. The highest BCUT2D eigenvalue weighted by Gasteiger charge is 2.01. The van der Waals surface area contributed by atoms with E-state index in [0.717, 1.165) is 13.9 Å². The molecule has 0 heterocycles. The molecule has 0 rings (SSSR count). The minimum Gasteiger partial charge on any atom is -0.0871 e. The van der Waals surface area contributed by atoms with Crippen LogP contribution in [0.3, 0.4) is 0 Å². The van der Waals surface area contributed by atoms with Gasteiger partial charge in [0, 0.05) is 0 Å². The Bertz CT molecular complexity index is 86.9. The Morgan fingerprint density at radius 3 is 2.33 bits per heavy atom. The summed E-state index contributed by atoms with van der Waals surface area (Å²) in [6, 6.07) is 0. The topological polar surface area (TPSA) is 0 Å². The Balaban J connectivity index is 3.38. The molecule has 0 saturated carbocycles. The highest BCUT2D eigenvalue weighted by atomic mass is 32.0. The van der Waals surface area contributed by atoms with E-state index in [1.54, 1.807) is 0 Å². The highest BCUT2D eigenvalue weighted by molar-refractivity contribution is 8.22. The van der Waals surface area contributed by atoms with E-state index in [-0.39, 0.29) is 0 Å². The lowest BCUT2D eigenvalue weighted by molar-refractivity contribution is 1.10. The van der Waals surface area contributed by atoms with Gasteiger partial charge >= 0.3 is 0 Å². The van der Waals surface area contributed by atoms with Gasteiger partial charge in [0.05, 0.1) is 0 Å². The van der Waals surface area contributed by atoms with Gasteiger partial charge in [-0.15, -0.1) is 0 Å².